The molecular formula is C23H37N5O4. The number of aliphatic imine (C=N–C) groups is 1. The van der Waals surface area contributed by atoms with Crippen LogP contribution >= 0.6 is 0 Å². The summed E-state index contributed by atoms with van der Waals surface area (Å²) in [5.41, 5.74) is 1.01. The third kappa shape index (κ3) is 8.37. The first kappa shape index (κ1) is 24.4. The number of non-ortho nitro benzene ring substituents is 1. The first-order valence-corrected chi connectivity index (χ1v) is 11.7. The van der Waals surface area contributed by atoms with Crippen molar-refractivity contribution in [1.82, 2.24) is 15.5 Å². The van der Waals surface area contributed by atoms with Crippen LogP contribution in [0.2, 0.25) is 0 Å². The molecule has 9 heteroatoms. The number of ether oxygens (including phenoxy) is 2. The number of nitro groups is 1. The van der Waals surface area contributed by atoms with Gasteiger partial charge in [0.15, 0.2) is 5.96 Å². The average molecular weight is 448 g/mol. The number of rotatable bonds is 9. The largest absolute Gasteiger partial charge is 0.376 e. The van der Waals surface area contributed by atoms with Crippen molar-refractivity contribution >= 4 is 11.6 Å². The molecule has 0 radical (unpaired) electrons. The number of benzene rings is 1. The highest BCUT2D eigenvalue weighted by atomic mass is 16.6. The summed E-state index contributed by atoms with van der Waals surface area (Å²) in [6.45, 7) is 10.8. The minimum Gasteiger partial charge on any atom is -0.376 e. The zero-order valence-corrected chi connectivity index (χ0v) is 19.3. The molecule has 2 atom stereocenters. The van der Waals surface area contributed by atoms with Crippen LogP contribution in [0.5, 0.6) is 0 Å². The fraction of sp³-hybridized carbons (Fsp3) is 0.696. The number of nitrogens with zero attached hydrogens (tertiary/aromatic N) is 3. The molecule has 1 aromatic carbocycles. The Labute approximate surface area is 190 Å². The Balaban J connectivity index is 1.56. The molecule has 0 aromatic heterocycles. The van der Waals surface area contributed by atoms with Crippen molar-refractivity contribution in [3.63, 3.8) is 0 Å². The number of nitrogens with one attached hydrogen (secondary N) is 2. The Bertz CT molecular complexity index is 734. The van der Waals surface area contributed by atoms with Crippen molar-refractivity contribution in [2.75, 3.05) is 45.9 Å². The molecule has 2 saturated heterocycles. The zero-order valence-electron chi connectivity index (χ0n) is 19.3. The van der Waals surface area contributed by atoms with Crippen molar-refractivity contribution in [3.8, 4) is 0 Å². The van der Waals surface area contributed by atoms with Gasteiger partial charge in [-0.3, -0.25) is 15.0 Å². The van der Waals surface area contributed by atoms with E-state index in [0.717, 1.165) is 51.3 Å². The van der Waals surface area contributed by atoms with Crippen molar-refractivity contribution in [2.24, 2.45) is 10.9 Å². The predicted octanol–water partition coefficient (Wildman–Crippen LogP) is 2.56. The van der Waals surface area contributed by atoms with Crippen molar-refractivity contribution in [2.45, 2.75) is 51.9 Å². The molecule has 2 aliphatic rings. The minimum atomic E-state index is -0.390. The van der Waals surface area contributed by atoms with Gasteiger partial charge in [-0.25, -0.2) is 4.99 Å². The number of hydrogen-bond donors (Lipinski definition) is 2. The second-order valence-electron chi connectivity index (χ2n) is 8.98. The van der Waals surface area contributed by atoms with Gasteiger partial charge in [0.05, 0.1) is 30.3 Å². The van der Waals surface area contributed by atoms with E-state index in [9.17, 15) is 10.1 Å². The monoisotopic (exact) mass is 447 g/mol. The topological polar surface area (TPSA) is 101 Å². The maximum Gasteiger partial charge on any atom is 0.269 e. The van der Waals surface area contributed by atoms with Crippen LogP contribution in [0.25, 0.3) is 0 Å². The van der Waals surface area contributed by atoms with Gasteiger partial charge in [-0.2, -0.15) is 0 Å². The fourth-order valence-corrected chi connectivity index (χ4v) is 4.04. The number of nitro benzene ring substituents is 1. The SMILES string of the molecule is CC(C)CN1CCOC(CNC(=NCc2ccc([N+](=O)[O-])cc2)NCC2CCCCO2)C1. The van der Waals surface area contributed by atoms with E-state index in [0.29, 0.717) is 31.5 Å². The third-order valence-corrected chi connectivity index (χ3v) is 5.68. The Kier molecular flexibility index (Phi) is 9.70. The summed E-state index contributed by atoms with van der Waals surface area (Å²) in [6.07, 6.45) is 3.68. The van der Waals surface area contributed by atoms with E-state index in [2.05, 4.69) is 29.4 Å². The molecular weight excluding hydrogens is 410 g/mol. The highest BCUT2D eigenvalue weighted by Crippen LogP contribution is 2.13. The maximum absolute atomic E-state index is 10.9. The van der Waals surface area contributed by atoms with Gasteiger partial charge < -0.3 is 20.1 Å². The quantitative estimate of drug-likeness (QED) is 0.260. The molecule has 9 nitrogen and oxygen atoms in total. The summed E-state index contributed by atoms with van der Waals surface area (Å²) in [5, 5.41) is 17.7. The van der Waals surface area contributed by atoms with E-state index in [4.69, 9.17) is 14.5 Å². The van der Waals surface area contributed by atoms with Gasteiger partial charge in [-0.15, -0.1) is 0 Å². The lowest BCUT2D eigenvalue weighted by atomic mass is 10.1. The summed E-state index contributed by atoms with van der Waals surface area (Å²) >= 11 is 0. The molecule has 1 aromatic rings. The van der Waals surface area contributed by atoms with Crippen LogP contribution < -0.4 is 10.6 Å². The van der Waals surface area contributed by atoms with Crippen LogP contribution in [0.15, 0.2) is 29.3 Å². The molecule has 0 amide bonds. The van der Waals surface area contributed by atoms with E-state index in [1.807, 2.05) is 0 Å². The molecule has 2 aliphatic heterocycles. The Morgan fingerprint density at radius 3 is 2.53 bits per heavy atom. The first-order chi connectivity index (χ1) is 15.5. The normalized spacial score (nSPS) is 22.7. The third-order valence-electron chi connectivity index (χ3n) is 5.68. The van der Waals surface area contributed by atoms with Crippen LogP contribution in [0, 0.1) is 16.0 Å². The molecule has 32 heavy (non-hydrogen) atoms. The lowest BCUT2D eigenvalue weighted by molar-refractivity contribution is -0.384. The smallest absolute Gasteiger partial charge is 0.269 e. The van der Waals surface area contributed by atoms with E-state index in [1.54, 1.807) is 12.1 Å². The molecule has 2 N–H and O–H groups in total. The molecule has 2 fully saturated rings. The van der Waals surface area contributed by atoms with Gasteiger partial charge in [0.2, 0.25) is 0 Å². The lowest BCUT2D eigenvalue weighted by Crippen LogP contribution is -2.51. The van der Waals surface area contributed by atoms with Gasteiger partial charge in [0.25, 0.3) is 5.69 Å². The number of hydrogen-bond acceptors (Lipinski definition) is 6. The molecule has 0 saturated carbocycles. The Hall–Kier alpha value is -2.23. The van der Waals surface area contributed by atoms with E-state index in [-0.39, 0.29) is 17.9 Å². The van der Waals surface area contributed by atoms with Crippen LogP contribution in [0.3, 0.4) is 0 Å². The first-order valence-electron chi connectivity index (χ1n) is 11.7. The number of morpholine rings is 1. The molecule has 0 aliphatic carbocycles. The molecule has 178 valence electrons. The molecule has 2 unspecified atom stereocenters. The standard InChI is InChI=1S/C23H37N5O4/c1-18(2)16-27-10-12-32-22(17-27)15-26-23(25-14-21-5-3-4-11-31-21)24-13-19-6-8-20(9-7-19)28(29)30/h6-9,18,21-22H,3-5,10-17H2,1-2H3,(H2,24,25,26). The predicted molar refractivity (Wildman–Crippen MR) is 125 cm³/mol. The van der Waals surface area contributed by atoms with Gasteiger partial charge in [-0.1, -0.05) is 26.0 Å². The van der Waals surface area contributed by atoms with Crippen LogP contribution in [0.1, 0.15) is 38.7 Å². The Morgan fingerprint density at radius 1 is 1.16 bits per heavy atom. The number of guanidine groups is 1. The molecule has 0 bridgehead atoms. The van der Waals surface area contributed by atoms with Crippen LogP contribution in [-0.2, 0) is 16.0 Å². The van der Waals surface area contributed by atoms with E-state index >= 15 is 0 Å². The summed E-state index contributed by atoms with van der Waals surface area (Å²) < 4.78 is 11.8. The summed E-state index contributed by atoms with van der Waals surface area (Å²) in [5.74, 6) is 1.35. The summed E-state index contributed by atoms with van der Waals surface area (Å²) in [7, 11) is 0. The van der Waals surface area contributed by atoms with Crippen LogP contribution in [0.4, 0.5) is 5.69 Å². The van der Waals surface area contributed by atoms with E-state index in [1.165, 1.54) is 18.6 Å². The lowest BCUT2D eigenvalue weighted by Gasteiger charge is -2.34. The van der Waals surface area contributed by atoms with Gasteiger partial charge >= 0.3 is 0 Å². The van der Waals surface area contributed by atoms with Crippen molar-refractivity contribution in [3.05, 3.63) is 39.9 Å². The highest BCUT2D eigenvalue weighted by molar-refractivity contribution is 5.79. The minimum absolute atomic E-state index is 0.0871. The maximum atomic E-state index is 10.9. The molecule has 3 rings (SSSR count). The van der Waals surface area contributed by atoms with E-state index < -0.39 is 4.92 Å². The molecule has 0 spiro atoms. The van der Waals surface area contributed by atoms with Crippen molar-refractivity contribution < 1.29 is 14.4 Å². The average Bonchev–Trinajstić information content (AvgIpc) is 2.79. The van der Waals surface area contributed by atoms with Crippen molar-refractivity contribution in [1.29, 1.82) is 0 Å². The second-order valence-corrected chi connectivity index (χ2v) is 8.98. The fourth-order valence-electron chi connectivity index (χ4n) is 4.04. The second kappa shape index (κ2) is 12.7. The van der Waals surface area contributed by atoms with Gasteiger partial charge in [0.1, 0.15) is 0 Å². The van der Waals surface area contributed by atoms with Gasteiger partial charge in [-0.05, 0) is 30.7 Å². The summed E-state index contributed by atoms with van der Waals surface area (Å²) in [4.78, 5) is 17.6. The van der Waals surface area contributed by atoms with Crippen LogP contribution in [-0.4, -0.2) is 73.9 Å². The Morgan fingerprint density at radius 2 is 1.88 bits per heavy atom. The highest BCUT2D eigenvalue weighted by Gasteiger charge is 2.21. The summed E-state index contributed by atoms with van der Waals surface area (Å²) in [6, 6.07) is 6.52. The molecule has 2 heterocycles. The van der Waals surface area contributed by atoms with Gasteiger partial charge in [0, 0.05) is 51.5 Å². The zero-order chi connectivity index (χ0) is 22.8.